The van der Waals surface area contributed by atoms with Crippen LogP contribution >= 0.6 is 0 Å². The lowest BCUT2D eigenvalue weighted by molar-refractivity contribution is 0.242. The molecule has 0 fully saturated rings. The van der Waals surface area contributed by atoms with Gasteiger partial charge < -0.3 is 4.98 Å². The number of hydrogen-bond acceptors (Lipinski definition) is 3. The predicted octanol–water partition coefficient (Wildman–Crippen LogP) is 3.60. The van der Waals surface area contributed by atoms with Gasteiger partial charge in [-0.1, -0.05) is 56.3 Å². The molecule has 1 aliphatic rings. The number of fused-ring (bicyclic) bond motifs is 2. The molecular formula is C21H23N3O. The maximum absolute atomic E-state index is 12.5. The zero-order valence-corrected chi connectivity index (χ0v) is 14.7. The second-order valence-corrected chi connectivity index (χ2v) is 7.13. The number of benzene rings is 2. The first-order valence-corrected chi connectivity index (χ1v) is 8.93. The minimum atomic E-state index is 0.0244. The highest BCUT2D eigenvalue weighted by molar-refractivity contribution is 5.85. The molecule has 0 saturated heterocycles. The van der Waals surface area contributed by atoms with Crippen LogP contribution in [0.25, 0.3) is 10.8 Å². The third-order valence-corrected chi connectivity index (χ3v) is 4.99. The standard InChI is InChI=1S/C21H23N3O/c1-14(2)20-22-19-10-11-24(13-18(19)21(25)23-20)12-16-8-5-7-15-6-3-4-9-17(15)16/h3-9,14H,10-13H2,1-2H3,(H,22,23,25). The lowest BCUT2D eigenvalue weighted by atomic mass is 10.0. The SMILES string of the molecule is CC(C)c1nc2c(c(=O)[nH]1)CN(Cc1cccc3ccccc13)CC2. The van der Waals surface area contributed by atoms with Crippen LogP contribution < -0.4 is 5.56 Å². The molecule has 4 nitrogen and oxygen atoms in total. The van der Waals surface area contributed by atoms with Gasteiger partial charge in [0.05, 0.1) is 11.3 Å². The van der Waals surface area contributed by atoms with Gasteiger partial charge in [0, 0.05) is 32.0 Å². The highest BCUT2D eigenvalue weighted by Crippen LogP contribution is 2.23. The Bertz CT molecular complexity index is 969. The number of rotatable bonds is 3. The third kappa shape index (κ3) is 3.10. The first-order valence-electron chi connectivity index (χ1n) is 8.93. The van der Waals surface area contributed by atoms with Gasteiger partial charge in [-0.25, -0.2) is 4.98 Å². The van der Waals surface area contributed by atoms with E-state index in [-0.39, 0.29) is 11.5 Å². The lowest BCUT2D eigenvalue weighted by Crippen LogP contribution is -2.36. The summed E-state index contributed by atoms with van der Waals surface area (Å²) in [5.74, 6) is 1.04. The topological polar surface area (TPSA) is 49.0 Å². The van der Waals surface area contributed by atoms with Crippen molar-refractivity contribution in [2.75, 3.05) is 6.54 Å². The van der Waals surface area contributed by atoms with Crippen LogP contribution in [0, 0.1) is 0 Å². The summed E-state index contributed by atoms with van der Waals surface area (Å²) >= 11 is 0. The first kappa shape index (κ1) is 16.0. The summed E-state index contributed by atoms with van der Waals surface area (Å²) in [7, 11) is 0. The fourth-order valence-corrected chi connectivity index (χ4v) is 3.58. The molecule has 0 saturated carbocycles. The van der Waals surface area contributed by atoms with Crippen LogP contribution in [-0.2, 0) is 19.5 Å². The molecule has 2 heterocycles. The third-order valence-electron chi connectivity index (χ3n) is 4.99. The van der Waals surface area contributed by atoms with E-state index < -0.39 is 0 Å². The lowest BCUT2D eigenvalue weighted by Gasteiger charge is -2.28. The van der Waals surface area contributed by atoms with Crippen LogP contribution in [0.3, 0.4) is 0 Å². The minimum Gasteiger partial charge on any atom is -0.310 e. The molecule has 4 heteroatoms. The van der Waals surface area contributed by atoms with Gasteiger partial charge >= 0.3 is 0 Å². The summed E-state index contributed by atoms with van der Waals surface area (Å²) < 4.78 is 0. The van der Waals surface area contributed by atoms with E-state index in [9.17, 15) is 4.79 Å². The molecular weight excluding hydrogens is 310 g/mol. The van der Waals surface area contributed by atoms with Crippen LogP contribution in [-0.4, -0.2) is 21.4 Å². The molecule has 1 aromatic heterocycles. The van der Waals surface area contributed by atoms with Gasteiger partial charge in [-0.2, -0.15) is 0 Å². The highest BCUT2D eigenvalue weighted by atomic mass is 16.1. The molecule has 0 spiro atoms. The van der Waals surface area contributed by atoms with Gasteiger partial charge in [0.1, 0.15) is 5.82 Å². The minimum absolute atomic E-state index is 0.0244. The van der Waals surface area contributed by atoms with E-state index in [2.05, 4.69) is 71.2 Å². The van der Waals surface area contributed by atoms with E-state index in [1.165, 1.54) is 16.3 Å². The Labute approximate surface area is 147 Å². The van der Waals surface area contributed by atoms with Crippen LogP contribution in [0.1, 0.15) is 42.4 Å². The van der Waals surface area contributed by atoms with Crippen molar-refractivity contribution in [3.05, 3.63) is 75.5 Å². The summed E-state index contributed by atoms with van der Waals surface area (Å²) in [4.78, 5) is 22.5. The number of aromatic amines is 1. The van der Waals surface area contributed by atoms with Crippen molar-refractivity contribution in [1.82, 2.24) is 14.9 Å². The Hall–Kier alpha value is -2.46. The normalized spacial score (nSPS) is 14.8. The van der Waals surface area contributed by atoms with Gasteiger partial charge in [0.15, 0.2) is 0 Å². The van der Waals surface area contributed by atoms with Gasteiger partial charge in [-0.15, -0.1) is 0 Å². The number of nitrogens with one attached hydrogen (secondary N) is 1. The monoisotopic (exact) mass is 333 g/mol. The van der Waals surface area contributed by atoms with Crippen molar-refractivity contribution in [3.63, 3.8) is 0 Å². The second-order valence-electron chi connectivity index (χ2n) is 7.13. The van der Waals surface area contributed by atoms with Crippen molar-refractivity contribution in [2.45, 2.75) is 39.3 Å². The molecule has 25 heavy (non-hydrogen) atoms. The molecule has 128 valence electrons. The highest BCUT2D eigenvalue weighted by Gasteiger charge is 2.22. The molecule has 0 radical (unpaired) electrons. The molecule has 1 aliphatic heterocycles. The smallest absolute Gasteiger partial charge is 0.255 e. The van der Waals surface area contributed by atoms with Crippen LogP contribution in [0.15, 0.2) is 47.3 Å². The van der Waals surface area contributed by atoms with E-state index in [1.807, 2.05) is 0 Å². The molecule has 0 aliphatic carbocycles. The van der Waals surface area contributed by atoms with Crippen LogP contribution in [0.2, 0.25) is 0 Å². The van der Waals surface area contributed by atoms with E-state index >= 15 is 0 Å². The molecule has 2 aromatic carbocycles. The Morgan fingerprint density at radius 1 is 1.16 bits per heavy atom. The molecule has 0 unspecified atom stereocenters. The Kier molecular flexibility index (Phi) is 4.14. The van der Waals surface area contributed by atoms with Crippen molar-refractivity contribution < 1.29 is 0 Å². The summed E-state index contributed by atoms with van der Waals surface area (Å²) in [6.07, 6.45) is 0.837. The summed E-state index contributed by atoms with van der Waals surface area (Å²) in [5.41, 5.74) is 3.14. The van der Waals surface area contributed by atoms with Crippen LogP contribution in [0.4, 0.5) is 0 Å². The number of aromatic nitrogens is 2. The predicted molar refractivity (Wildman–Crippen MR) is 101 cm³/mol. The zero-order valence-electron chi connectivity index (χ0n) is 14.7. The molecule has 0 bridgehead atoms. The summed E-state index contributed by atoms with van der Waals surface area (Å²) in [6.45, 7) is 6.57. The Balaban J connectivity index is 1.62. The van der Waals surface area contributed by atoms with Gasteiger partial charge in [0.25, 0.3) is 5.56 Å². The average molecular weight is 333 g/mol. The second kappa shape index (κ2) is 6.45. The number of H-pyrrole nitrogens is 1. The Morgan fingerprint density at radius 2 is 1.96 bits per heavy atom. The van der Waals surface area contributed by atoms with Crippen LogP contribution in [0.5, 0.6) is 0 Å². The maximum Gasteiger partial charge on any atom is 0.255 e. The van der Waals surface area contributed by atoms with E-state index in [0.29, 0.717) is 6.54 Å². The molecule has 1 N–H and O–H groups in total. The van der Waals surface area contributed by atoms with Crippen molar-refractivity contribution in [3.8, 4) is 0 Å². The first-order chi connectivity index (χ1) is 12.1. The van der Waals surface area contributed by atoms with Gasteiger partial charge in [0.2, 0.25) is 0 Å². The molecule has 3 aromatic rings. The number of nitrogens with zero attached hydrogens (tertiary/aromatic N) is 2. The van der Waals surface area contributed by atoms with Crippen molar-refractivity contribution in [1.29, 1.82) is 0 Å². The van der Waals surface area contributed by atoms with Gasteiger partial charge in [-0.05, 0) is 16.3 Å². The molecule has 0 atom stereocenters. The van der Waals surface area contributed by atoms with Crippen molar-refractivity contribution >= 4 is 10.8 Å². The van der Waals surface area contributed by atoms with E-state index in [0.717, 1.165) is 36.6 Å². The average Bonchev–Trinajstić information content (AvgIpc) is 2.62. The number of hydrogen-bond donors (Lipinski definition) is 1. The molecule has 0 amide bonds. The van der Waals surface area contributed by atoms with E-state index in [4.69, 9.17) is 0 Å². The zero-order chi connectivity index (χ0) is 17.4. The maximum atomic E-state index is 12.5. The quantitative estimate of drug-likeness (QED) is 0.796. The Morgan fingerprint density at radius 3 is 2.80 bits per heavy atom. The summed E-state index contributed by atoms with van der Waals surface area (Å²) in [6, 6.07) is 14.9. The van der Waals surface area contributed by atoms with Gasteiger partial charge in [-0.3, -0.25) is 9.69 Å². The fourth-order valence-electron chi connectivity index (χ4n) is 3.58. The molecule has 4 rings (SSSR count). The largest absolute Gasteiger partial charge is 0.310 e. The summed E-state index contributed by atoms with van der Waals surface area (Å²) in [5, 5.41) is 2.55. The van der Waals surface area contributed by atoms with E-state index in [1.54, 1.807) is 0 Å². The fraction of sp³-hybridized carbons (Fsp3) is 0.333. The van der Waals surface area contributed by atoms with Crippen molar-refractivity contribution in [2.24, 2.45) is 0 Å².